The Morgan fingerprint density at radius 3 is 2.68 bits per heavy atom. The zero-order chi connectivity index (χ0) is 18.1. The first kappa shape index (κ1) is 17.7. The van der Waals surface area contributed by atoms with Gasteiger partial charge in [0.1, 0.15) is 0 Å². The molecule has 0 fully saturated rings. The molecular weight excluding hydrogens is 389 g/mol. The number of carbonyl (C=O) groups is 1. The van der Waals surface area contributed by atoms with Crippen LogP contribution in [0.5, 0.6) is 0 Å². The van der Waals surface area contributed by atoms with Crippen LogP contribution in [0, 0.1) is 0 Å². The molecule has 3 aromatic rings. The lowest BCUT2D eigenvalue weighted by Crippen LogP contribution is -2.18. The van der Waals surface area contributed by atoms with E-state index in [1.54, 1.807) is 31.2 Å². The van der Waals surface area contributed by atoms with Gasteiger partial charge in [-0.3, -0.25) is 4.79 Å². The summed E-state index contributed by atoms with van der Waals surface area (Å²) in [7, 11) is 0. The molecule has 9 heteroatoms. The van der Waals surface area contributed by atoms with Crippen LogP contribution in [0.15, 0.2) is 35.3 Å². The molecule has 0 spiro atoms. The summed E-state index contributed by atoms with van der Waals surface area (Å²) in [6, 6.07) is 6.84. The van der Waals surface area contributed by atoms with Gasteiger partial charge in [-0.1, -0.05) is 46.9 Å². The predicted molar refractivity (Wildman–Crippen MR) is 95.5 cm³/mol. The second-order valence-corrected chi connectivity index (χ2v) is 6.26. The minimum atomic E-state index is -0.836. The summed E-state index contributed by atoms with van der Waals surface area (Å²) in [5.41, 5.74) is -0.00455. The van der Waals surface area contributed by atoms with E-state index in [0.717, 1.165) is 0 Å². The van der Waals surface area contributed by atoms with Gasteiger partial charge in [0.15, 0.2) is 17.6 Å². The van der Waals surface area contributed by atoms with Crippen LogP contribution in [0.4, 0.5) is 0 Å². The van der Waals surface area contributed by atoms with E-state index in [9.17, 15) is 9.59 Å². The molecule has 2 aromatic heterocycles. The summed E-state index contributed by atoms with van der Waals surface area (Å²) in [4.78, 5) is 35.1. The first-order valence-electron chi connectivity index (χ1n) is 7.08. The third-order valence-corrected chi connectivity index (χ3v) is 4.65. The Morgan fingerprint density at radius 1 is 1.20 bits per heavy atom. The lowest BCUT2D eigenvalue weighted by atomic mass is 10.2. The summed E-state index contributed by atoms with van der Waals surface area (Å²) >= 11 is 17.7. The first-order valence-corrected chi connectivity index (χ1v) is 8.21. The number of halogens is 3. The summed E-state index contributed by atoms with van der Waals surface area (Å²) in [6.07, 6.45) is 0.366. The number of para-hydroxylation sites is 1. The van der Waals surface area contributed by atoms with Gasteiger partial charge in [0.2, 0.25) is 0 Å². The van der Waals surface area contributed by atoms with E-state index in [1.165, 1.54) is 6.20 Å². The number of nitrogens with one attached hydrogen (secondary N) is 1. The molecule has 1 N–H and O–H groups in total. The van der Waals surface area contributed by atoms with Crippen LogP contribution in [-0.4, -0.2) is 20.9 Å². The summed E-state index contributed by atoms with van der Waals surface area (Å²) in [6.45, 7) is 1.57. The molecule has 0 radical (unpaired) electrons. The van der Waals surface area contributed by atoms with E-state index in [1.807, 2.05) is 0 Å². The molecule has 3 rings (SSSR count). The number of fused-ring (bicyclic) bond motifs is 1. The van der Waals surface area contributed by atoms with Crippen molar-refractivity contribution in [3.63, 3.8) is 0 Å². The highest BCUT2D eigenvalue weighted by molar-refractivity contribution is 6.48. The Balaban J connectivity index is 1.90. The van der Waals surface area contributed by atoms with Crippen LogP contribution in [0.3, 0.4) is 0 Å². The van der Waals surface area contributed by atoms with Gasteiger partial charge in [-0.05, 0) is 19.1 Å². The van der Waals surface area contributed by atoms with Crippen LogP contribution >= 0.6 is 34.8 Å². The second-order valence-electron chi connectivity index (χ2n) is 5.10. The van der Waals surface area contributed by atoms with Crippen LogP contribution in [0.2, 0.25) is 15.1 Å². The van der Waals surface area contributed by atoms with Crippen molar-refractivity contribution < 1.29 is 9.53 Å². The van der Waals surface area contributed by atoms with Crippen LogP contribution in [0.25, 0.3) is 10.9 Å². The molecule has 1 aromatic carbocycles. The standard InChI is InChI=1S/C16H10Cl3N3O3/c1-7(14-21-10-5-3-2-4-8(10)15(23)22-14)25-16(24)13-12(19)11(18)9(17)6-20-13/h2-7H,1H3,(H,21,22,23)/t7-/m0/s1. The number of hydrogen-bond acceptors (Lipinski definition) is 5. The topological polar surface area (TPSA) is 84.9 Å². The van der Waals surface area contributed by atoms with Crippen molar-refractivity contribution >= 4 is 51.7 Å². The molecule has 0 amide bonds. The maximum atomic E-state index is 12.3. The number of aromatic nitrogens is 3. The molecule has 0 saturated heterocycles. The Morgan fingerprint density at radius 2 is 1.92 bits per heavy atom. The first-order chi connectivity index (χ1) is 11.9. The Bertz CT molecular complexity index is 1040. The number of nitrogens with zero attached hydrogens (tertiary/aromatic N) is 2. The van der Waals surface area contributed by atoms with Crippen molar-refractivity contribution in [2.24, 2.45) is 0 Å². The summed E-state index contributed by atoms with van der Waals surface area (Å²) in [5.74, 6) is -0.611. The van der Waals surface area contributed by atoms with Gasteiger partial charge >= 0.3 is 5.97 Å². The number of pyridine rings is 1. The fourth-order valence-electron chi connectivity index (χ4n) is 2.15. The number of hydrogen-bond donors (Lipinski definition) is 1. The quantitative estimate of drug-likeness (QED) is 0.668. The molecule has 128 valence electrons. The smallest absolute Gasteiger partial charge is 0.359 e. The van der Waals surface area contributed by atoms with E-state index in [4.69, 9.17) is 39.5 Å². The highest BCUT2D eigenvalue weighted by atomic mass is 35.5. The van der Waals surface area contributed by atoms with Crippen LogP contribution in [0.1, 0.15) is 29.3 Å². The molecule has 0 aliphatic carbocycles. The van der Waals surface area contributed by atoms with Crippen molar-refractivity contribution in [3.8, 4) is 0 Å². The number of carbonyl (C=O) groups excluding carboxylic acids is 1. The maximum absolute atomic E-state index is 12.3. The number of esters is 1. The zero-order valence-corrected chi connectivity index (χ0v) is 15.0. The Labute approximate surface area is 156 Å². The van der Waals surface area contributed by atoms with Crippen molar-refractivity contribution in [1.29, 1.82) is 0 Å². The largest absolute Gasteiger partial charge is 0.450 e. The number of aromatic amines is 1. The molecule has 0 bridgehead atoms. The van der Waals surface area contributed by atoms with Gasteiger partial charge in [0, 0.05) is 6.20 Å². The summed E-state index contributed by atoms with van der Waals surface area (Å²) < 4.78 is 5.28. The van der Waals surface area contributed by atoms with Crippen molar-refractivity contribution in [2.45, 2.75) is 13.0 Å². The van der Waals surface area contributed by atoms with E-state index in [2.05, 4.69) is 15.0 Å². The minimum Gasteiger partial charge on any atom is -0.450 e. The van der Waals surface area contributed by atoms with E-state index in [0.29, 0.717) is 10.9 Å². The third-order valence-electron chi connectivity index (χ3n) is 3.41. The normalized spacial score (nSPS) is 12.2. The zero-order valence-electron chi connectivity index (χ0n) is 12.7. The average molecular weight is 399 g/mol. The highest BCUT2D eigenvalue weighted by Crippen LogP contribution is 2.32. The molecule has 6 nitrogen and oxygen atoms in total. The molecule has 0 aliphatic rings. The van der Waals surface area contributed by atoms with E-state index >= 15 is 0 Å². The van der Waals surface area contributed by atoms with Gasteiger partial charge in [-0.15, -0.1) is 0 Å². The van der Waals surface area contributed by atoms with Gasteiger partial charge < -0.3 is 9.72 Å². The van der Waals surface area contributed by atoms with E-state index in [-0.39, 0.29) is 32.1 Å². The van der Waals surface area contributed by atoms with Crippen molar-refractivity contribution in [1.82, 2.24) is 15.0 Å². The fourth-order valence-corrected chi connectivity index (χ4v) is 2.71. The van der Waals surface area contributed by atoms with Gasteiger partial charge in [-0.2, -0.15) is 0 Å². The van der Waals surface area contributed by atoms with Crippen molar-refractivity contribution in [2.75, 3.05) is 0 Å². The average Bonchev–Trinajstić information content (AvgIpc) is 2.59. The molecular formula is C16H10Cl3N3O3. The molecule has 0 aliphatic heterocycles. The van der Waals surface area contributed by atoms with Crippen molar-refractivity contribution in [3.05, 3.63) is 67.4 Å². The number of rotatable bonds is 3. The predicted octanol–water partition coefficient (Wildman–Crippen LogP) is 4.20. The lowest BCUT2D eigenvalue weighted by Gasteiger charge is -2.13. The molecule has 2 heterocycles. The van der Waals surface area contributed by atoms with Gasteiger partial charge in [0.05, 0.1) is 26.0 Å². The Kier molecular flexibility index (Phi) is 4.94. The Hall–Kier alpha value is -2.15. The molecule has 0 saturated carbocycles. The van der Waals surface area contributed by atoms with E-state index < -0.39 is 12.1 Å². The minimum absolute atomic E-state index is 0.00942. The molecule has 25 heavy (non-hydrogen) atoms. The molecule has 0 unspecified atom stereocenters. The van der Waals surface area contributed by atoms with Crippen LogP contribution < -0.4 is 5.56 Å². The lowest BCUT2D eigenvalue weighted by molar-refractivity contribution is 0.0313. The highest BCUT2D eigenvalue weighted by Gasteiger charge is 2.22. The fraction of sp³-hybridized carbons (Fsp3) is 0.125. The SMILES string of the molecule is C[C@H](OC(=O)c1ncc(Cl)c(Cl)c1Cl)c1nc2ccccc2c(=O)[nH]1. The number of benzene rings is 1. The monoisotopic (exact) mass is 397 g/mol. The molecule has 1 atom stereocenters. The maximum Gasteiger partial charge on any atom is 0.359 e. The number of H-pyrrole nitrogens is 1. The van der Waals surface area contributed by atoms with Gasteiger partial charge in [-0.25, -0.2) is 14.8 Å². The van der Waals surface area contributed by atoms with Crippen LogP contribution in [-0.2, 0) is 4.74 Å². The van der Waals surface area contributed by atoms with Gasteiger partial charge in [0.25, 0.3) is 5.56 Å². The second kappa shape index (κ2) is 7.00. The number of ether oxygens (including phenoxy) is 1. The summed E-state index contributed by atoms with van der Waals surface area (Å²) in [5, 5.41) is 0.470. The third kappa shape index (κ3) is 3.46.